The highest BCUT2D eigenvalue weighted by molar-refractivity contribution is 5.67. The number of aliphatic hydroxyl groups is 1. The maximum absolute atomic E-state index is 9.27. The van der Waals surface area contributed by atoms with Gasteiger partial charge in [0, 0.05) is 0 Å². The highest BCUT2D eigenvalue weighted by Crippen LogP contribution is 2.25. The summed E-state index contributed by atoms with van der Waals surface area (Å²) in [5, 5.41) is 9.27. The van der Waals surface area contributed by atoms with Crippen molar-refractivity contribution in [1.29, 1.82) is 0 Å². The molecular weight excluding hydrogens is 166 g/mol. The summed E-state index contributed by atoms with van der Waals surface area (Å²) in [5.74, 6) is 0. The first kappa shape index (κ1) is 9.83. The van der Waals surface area contributed by atoms with Crippen molar-refractivity contribution in [1.82, 2.24) is 0 Å². The lowest BCUT2D eigenvalue weighted by Gasteiger charge is -2.17. The molecule has 0 aliphatic rings. The van der Waals surface area contributed by atoms with Crippen LogP contribution >= 0.6 is 0 Å². The predicted molar refractivity (Wildman–Crippen MR) is 53.9 cm³/mol. The Morgan fingerprint density at radius 2 is 1.92 bits per heavy atom. The van der Waals surface area contributed by atoms with Crippen LogP contribution in [0.2, 0.25) is 0 Å². The zero-order valence-corrected chi connectivity index (χ0v) is 7.57. The highest BCUT2D eigenvalue weighted by atomic mass is 16.3. The van der Waals surface area contributed by atoms with Gasteiger partial charge in [0.25, 0.3) is 0 Å². The fourth-order valence-corrected chi connectivity index (χ4v) is 1.15. The second kappa shape index (κ2) is 3.64. The summed E-state index contributed by atoms with van der Waals surface area (Å²) < 4.78 is 0. The highest BCUT2D eigenvalue weighted by Gasteiger charge is 2.15. The number of para-hydroxylation sites is 1. The molecule has 4 heteroatoms. The number of hydrogen-bond donors (Lipinski definition) is 4. The Hall–Kier alpha value is -1.26. The number of benzene rings is 1. The Morgan fingerprint density at radius 1 is 1.31 bits per heavy atom. The molecule has 0 fully saturated rings. The van der Waals surface area contributed by atoms with Gasteiger partial charge in [-0.1, -0.05) is 12.1 Å². The summed E-state index contributed by atoms with van der Waals surface area (Å²) in [4.78, 5) is 0. The zero-order valence-electron chi connectivity index (χ0n) is 7.57. The fraction of sp³-hybridized carbons (Fsp3) is 0.333. The fourth-order valence-electron chi connectivity index (χ4n) is 1.15. The normalized spacial score (nSPS) is 15.3. The molecule has 13 heavy (non-hydrogen) atoms. The van der Waals surface area contributed by atoms with Crippen molar-refractivity contribution >= 4 is 11.4 Å². The molecule has 0 unspecified atom stereocenters. The molecule has 1 aromatic carbocycles. The maximum Gasteiger partial charge on any atom is 0.0705 e. The molecule has 0 aliphatic carbocycles. The van der Waals surface area contributed by atoms with Crippen molar-refractivity contribution in [2.75, 3.05) is 11.5 Å². The van der Waals surface area contributed by atoms with Gasteiger partial charge < -0.3 is 22.3 Å². The molecule has 0 saturated carbocycles. The van der Waals surface area contributed by atoms with Crippen LogP contribution in [0.25, 0.3) is 0 Å². The van der Waals surface area contributed by atoms with Gasteiger partial charge in [-0.05, 0) is 18.6 Å². The van der Waals surface area contributed by atoms with E-state index in [9.17, 15) is 5.11 Å². The van der Waals surface area contributed by atoms with Crippen LogP contribution in [-0.2, 0) is 0 Å². The Bertz CT molecular complexity index is 299. The van der Waals surface area contributed by atoms with E-state index in [1.165, 1.54) is 0 Å². The Labute approximate surface area is 77.3 Å². The average molecular weight is 181 g/mol. The summed E-state index contributed by atoms with van der Waals surface area (Å²) >= 11 is 0. The molecule has 0 amide bonds. The van der Waals surface area contributed by atoms with E-state index in [0.717, 1.165) is 0 Å². The van der Waals surface area contributed by atoms with Crippen LogP contribution in [0.1, 0.15) is 18.5 Å². The van der Waals surface area contributed by atoms with E-state index < -0.39 is 12.1 Å². The van der Waals surface area contributed by atoms with Gasteiger partial charge in [-0.2, -0.15) is 0 Å². The molecule has 1 aromatic rings. The molecule has 4 nitrogen and oxygen atoms in total. The van der Waals surface area contributed by atoms with Crippen molar-refractivity contribution in [3.05, 3.63) is 23.8 Å². The first-order valence-electron chi connectivity index (χ1n) is 4.11. The topological polar surface area (TPSA) is 98.3 Å². The van der Waals surface area contributed by atoms with Crippen LogP contribution < -0.4 is 17.2 Å². The maximum atomic E-state index is 9.27. The molecule has 2 atom stereocenters. The Morgan fingerprint density at radius 3 is 2.46 bits per heavy atom. The molecule has 0 heterocycles. The van der Waals surface area contributed by atoms with E-state index in [1.54, 1.807) is 25.1 Å². The second-order valence-corrected chi connectivity index (χ2v) is 3.12. The minimum atomic E-state index is -0.635. The van der Waals surface area contributed by atoms with Crippen molar-refractivity contribution in [2.45, 2.75) is 19.1 Å². The number of nitrogen functional groups attached to an aromatic ring is 2. The SMILES string of the molecule is C[C@@H](O)[C@H](N)c1cccc(N)c1N. The molecular formula is C9H15N3O. The third-order valence-corrected chi connectivity index (χ3v) is 2.05. The van der Waals surface area contributed by atoms with Gasteiger partial charge in [-0.15, -0.1) is 0 Å². The second-order valence-electron chi connectivity index (χ2n) is 3.12. The molecule has 72 valence electrons. The van der Waals surface area contributed by atoms with Crippen molar-refractivity contribution in [3.8, 4) is 0 Å². The van der Waals surface area contributed by atoms with E-state index in [-0.39, 0.29) is 0 Å². The predicted octanol–water partition coefficient (Wildman–Crippen LogP) is 0.232. The van der Waals surface area contributed by atoms with Gasteiger partial charge in [0.05, 0.1) is 23.5 Å². The lowest BCUT2D eigenvalue weighted by Crippen LogP contribution is -2.24. The molecule has 0 saturated heterocycles. The smallest absolute Gasteiger partial charge is 0.0705 e. The van der Waals surface area contributed by atoms with E-state index in [2.05, 4.69) is 0 Å². The Balaban J connectivity index is 3.07. The van der Waals surface area contributed by atoms with Crippen LogP contribution in [0.5, 0.6) is 0 Å². The van der Waals surface area contributed by atoms with E-state index in [4.69, 9.17) is 17.2 Å². The quantitative estimate of drug-likeness (QED) is 0.491. The molecule has 0 spiro atoms. The average Bonchev–Trinajstić information content (AvgIpc) is 2.08. The third kappa shape index (κ3) is 1.91. The van der Waals surface area contributed by atoms with Gasteiger partial charge in [0.15, 0.2) is 0 Å². The van der Waals surface area contributed by atoms with Crippen LogP contribution in [0.3, 0.4) is 0 Å². The molecule has 0 aromatic heterocycles. The van der Waals surface area contributed by atoms with E-state index >= 15 is 0 Å². The molecule has 0 bridgehead atoms. The summed E-state index contributed by atoms with van der Waals surface area (Å²) in [7, 11) is 0. The zero-order chi connectivity index (χ0) is 10.0. The molecule has 0 radical (unpaired) electrons. The summed E-state index contributed by atoms with van der Waals surface area (Å²) in [6.07, 6.45) is -0.635. The van der Waals surface area contributed by atoms with Crippen LogP contribution in [0.4, 0.5) is 11.4 Å². The number of hydrogen-bond acceptors (Lipinski definition) is 4. The first-order valence-corrected chi connectivity index (χ1v) is 4.11. The molecule has 0 aliphatic heterocycles. The van der Waals surface area contributed by atoms with Crippen molar-refractivity contribution in [2.24, 2.45) is 5.73 Å². The van der Waals surface area contributed by atoms with Crippen LogP contribution in [0.15, 0.2) is 18.2 Å². The van der Waals surface area contributed by atoms with Crippen LogP contribution in [0, 0.1) is 0 Å². The minimum absolute atomic E-state index is 0.455. The lowest BCUT2D eigenvalue weighted by atomic mass is 10.0. The lowest BCUT2D eigenvalue weighted by molar-refractivity contribution is 0.164. The van der Waals surface area contributed by atoms with Gasteiger partial charge >= 0.3 is 0 Å². The summed E-state index contributed by atoms with van der Waals surface area (Å²) in [6, 6.07) is 4.75. The number of nitrogens with two attached hydrogens (primary N) is 3. The largest absolute Gasteiger partial charge is 0.397 e. The standard InChI is InChI=1S/C9H15N3O/c1-5(13)8(11)6-3-2-4-7(10)9(6)12/h2-5,8,13H,10-12H2,1H3/t5-,8+/m1/s1. The number of rotatable bonds is 2. The number of anilines is 2. The van der Waals surface area contributed by atoms with E-state index in [1.807, 2.05) is 0 Å². The van der Waals surface area contributed by atoms with Gasteiger partial charge in [0.2, 0.25) is 0 Å². The van der Waals surface area contributed by atoms with Gasteiger partial charge in [-0.25, -0.2) is 0 Å². The molecule has 7 N–H and O–H groups in total. The van der Waals surface area contributed by atoms with Gasteiger partial charge in [-0.3, -0.25) is 0 Å². The van der Waals surface area contributed by atoms with Crippen molar-refractivity contribution < 1.29 is 5.11 Å². The van der Waals surface area contributed by atoms with Gasteiger partial charge in [0.1, 0.15) is 0 Å². The summed E-state index contributed by atoms with van der Waals surface area (Å²) in [5.41, 5.74) is 18.7. The van der Waals surface area contributed by atoms with E-state index in [0.29, 0.717) is 16.9 Å². The van der Waals surface area contributed by atoms with Crippen molar-refractivity contribution in [3.63, 3.8) is 0 Å². The first-order chi connectivity index (χ1) is 6.04. The Kier molecular flexibility index (Phi) is 2.75. The number of aliphatic hydroxyl groups excluding tert-OH is 1. The third-order valence-electron chi connectivity index (χ3n) is 2.05. The monoisotopic (exact) mass is 181 g/mol. The minimum Gasteiger partial charge on any atom is -0.397 e. The summed E-state index contributed by atoms with van der Waals surface area (Å²) in [6.45, 7) is 1.62. The molecule has 1 rings (SSSR count). The van der Waals surface area contributed by atoms with Crippen LogP contribution in [-0.4, -0.2) is 11.2 Å².